The second-order valence-electron chi connectivity index (χ2n) is 6.33. The van der Waals surface area contributed by atoms with Crippen LogP contribution in [0.15, 0.2) is 0 Å². The van der Waals surface area contributed by atoms with Crippen molar-refractivity contribution in [2.75, 3.05) is 13.2 Å². The molecule has 0 saturated heterocycles. The number of aliphatic carboxylic acids is 1. The largest absolute Gasteiger partial charge is 0.480 e. The first-order valence-electron chi connectivity index (χ1n) is 9.26. The summed E-state index contributed by atoms with van der Waals surface area (Å²) in [6.07, 6.45) is 16.7. The van der Waals surface area contributed by atoms with E-state index in [2.05, 4.69) is 12.2 Å². The molecule has 0 heterocycles. The second-order valence-corrected chi connectivity index (χ2v) is 6.33. The number of unbranched alkanes of at least 4 members (excludes halogenated alkanes) is 11. The van der Waals surface area contributed by atoms with Gasteiger partial charge in [-0.15, -0.1) is 0 Å². The van der Waals surface area contributed by atoms with Gasteiger partial charge in [0, 0.05) is 6.04 Å². The minimum atomic E-state index is -0.867. The van der Waals surface area contributed by atoms with E-state index in [0.717, 1.165) is 12.8 Å². The highest BCUT2D eigenvalue weighted by molar-refractivity contribution is 5.69. The number of aliphatic hydroxyl groups excluding tert-OH is 1. The van der Waals surface area contributed by atoms with E-state index >= 15 is 0 Å². The van der Waals surface area contributed by atoms with Crippen LogP contribution in [0.25, 0.3) is 0 Å². The van der Waals surface area contributed by atoms with Crippen LogP contribution >= 0.6 is 0 Å². The van der Waals surface area contributed by atoms with Crippen molar-refractivity contribution in [3.8, 4) is 0 Å². The Morgan fingerprint density at radius 1 is 0.864 bits per heavy atom. The second kappa shape index (κ2) is 16.8. The fraction of sp³-hybridized carbons (Fsp3) is 0.944. The summed E-state index contributed by atoms with van der Waals surface area (Å²) in [6.45, 7) is 2.21. The molecule has 1 atom stereocenters. The zero-order valence-electron chi connectivity index (χ0n) is 14.5. The molecule has 132 valence electrons. The average molecular weight is 315 g/mol. The Kier molecular flexibility index (Phi) is 16.3. The maximum atomic E-state index is 10.5. The standard InChI is InChI=1S/C18H37NO3/c1-2-3-4-5-6-7-8-9-10-11-12-13-14-17(16-20)19-15-18(21)22/h17,19-20H,2-16H2,1H3,(H,21,22). The maximum absolute atomic E-state index is 10.5. The minimum absolute atomic E-state index is 0.0192. The highest BCUT2D eigenvalue weighted by Gasteiger charge is 2.07. The van der Waals surface area contributed by atoms with Crippen LogP contribution in [-0.4, -0.2) is 35.4 Å². The first-order valence-corrected chi connectivity index (χ1v) is 9.26. The molecule has 0 aliphatic rings. The van der Waals surface area contributed by atoms with Gasteiger partial charge >= 0.3 is 5.97 Å². The van der Waals surface area contributed by atoms with Crippen molar-refractivity contribution < 1.29 is 15.0 Å². The molecule has 0 rings (SSSR count). The molecule has 22 heavy (non-hydrogen) atoms. The Morgan fingerprint density at radius 2 is 1.32 bits per heavy atom. The Balaban J connectivity index is 3.23. The van der Waals surface area contributed by atoms with Gasteiger partial charge in [-0.2, -0.15) is 0 Å². The van der Waals surface area contributed by atoms with Crippen LogP contribution in [0.2, 0.25) is 0 Å². The van der Waals surface area contributed by atoms with Crippen LogP contribution in [0.1, 0.15) is 90.4 Å². The molecule has 0 aliphatic carbocycles. The highest BCUT2D eigenvalue weighted by Crippen LogP contribution is 2.12. The Hall–Kier alpha value is -0.610. The molecule has 0 bridgehead atoms. The molecule has 4 nitrogen and oxygen atoms in total. The lowest BCUT2D eigenvalue weighted by Crippen LogP contribution is -2.36. The molecule has 1 unspecified atom stereocenters. The van der Waals surface area contributed by atoms with Gasteiger partial charge in [-0.05, 0) is 6.42 Å². The van der Waals surface area contributed by atoms with Crippen molar-refractivity contribution in [3.63, 3.8) is 0 Å². The first kappa shape index (κ1) is 21.4. The molecular formula is C18H37NO3. The van der Waals surface area contributed by atoms with Gasteiger partial charge in [-0.1, -0.05) is 84.0 Å². The van der Waals surface area contributed by atoms with E-state index in [4.69, 9.17) is 10.2 Å². The summed E-state index contributed by atoms with van der Waals surface area (Å²) in [6, 6.07) is -0.0702. The number of nitrogens with one attached hydrogen (secondary N) is 1. The molecule has 3 N–H and O–H groups in total. The lowest BCUT2D eigenvalue weighted by molar-refractivity contribution is -0.136. The SMILES string of the molecule is CCCCCCCCCCCCCCC(CO)NCC(=O)O. The van der Waals surface area contributed by atoms with E-state index in [1.165, 1.54) is 70.6 Å². The monoisotopic (exact) mass is 315 g/mol. The molecular weight excluding hydrogens is 278 g/mol. The van der Waals surface area contributed by atoms with E-state index in [9.17, 15) is 4.79 Å². The summed E-state index contributed by atoms with van der Waals surface area (Å²) < 4.78 is 0. The fourth-order valence-corrected chi connectivity index (χ4v) is 2.72. The molecule has 0 radical (unpaired) electrons. The number of carboxylic acids is 1. The molecule has 0 aromatic carbocycles. The Morgan fingerprint density at radius 3 is 1.73 bits per heavy atom. The van der Waals surface area contributed by atoms with Crippen LogP contribution in [-0.2, 0) is 4.79 Å². The lowest BCUT2D eigenvalue weighted by atomic mass is 10.0. The van der Waals surface area contributed by atoms with E-state index in [1.54, 1.807) is 0 Å². The lowest BCUT2D eigenvalue weighted by Gasteiger charge is -2.14. The van der Waals surface area contributed by atoms with Crippen molar-refractivity contribution in [2.24, 2.45) is 0 Å². The predicted octanol–water partition coefficient (Wildman–Crippen LogP) is 4.11. The topological polar surface area (TPSA) is 69.6 Å². The van der Waals surface area contributed by atoms with Crippen molar-refractivity contribution in [1.29, 1.82) is 0 Å². The molecule has 0 fully saturated rings. The first-order chi connectivity index (χ1) is 10.7. The quantitative estimate of drug-likeness (QED) is 0.353. The van der Waals surface area contributed by atoms with Gasteiger partial charge in [-0.3, -0.25) is 4.79 Å². The summed E-state index contributed by atoms with van der Waals surface area (Å²) in [5, 5.41) is 20.6. The van der Waals surface area contributed by atoms with Crippen LogP contribution in [0.3, 0.4) is 0 Å². The summed E-state index contributed by atoms with van der Waals surface area (Å²) in [4.78, 5) is 10.5. The number of hydrogen-bond acceptors (Lipinski definition) is 3. The van der Waals surface area contributed by atoms with E-state index in [0.29, 0.717) is 0 Å². The normalized spacial score (nSPS) is 12.5. The van der Waals surface area contributed by atoms with Crippen LogP contribution in [0, 0.1) is 0 Å². The molecule has 0 aromatic rings. The fourth-order valence-electron chi connectivity index (χ4n) is 2.72. The van der Waals surface area contributed by atoms with Gasteiger partial charge in [0.15, 0.2) is 0 Å². The van der Waals surface area contributed by atoms with Gasteiger partial charge in [0.2, 0.25) is 0 Å². The van der Waals surface area contributed by atoms with Gasteiger partial charge < -0.3 is 15.5 Å². The van der Waals surface area contributed by atoms with E-state index in [-0.39, 0.29) is 19.2 Å². The number of hydrogen-bond donors (Lipinski definition) is 3. The molecule has 0 aromatic heterocycles. The minimum Gasteiger partial charge on any atom is -0.480 e. The smallest absolute Gasteiger partial charge is 0.317 e. The van der Waals surface area contributed by atoms with E-state index in [1.807, 2.05) is 0 Å². The van der Waals surface area contributed by atoms with E-state index < -0.39 is 5.97 Å². The van der Waals surface area contributed by atoms with Gasteiger partial charge in [0.25, 0.3) is 0 Å². The molecule has 0 saturated carbocycles. The number of carboxylic acid groups (broad SMARTS) is 1. The van der Waals surface area contributed by atoms with Gasteiger partial charge in [0.1, 0.15) is 0 Å². The number of rotatable bonds is 17. The van der Waals surface area contributed by atoms with Crippen molar-refractivity contribution >= 4 is 5.97 Å². The van der Waals surface area contributed by atoms with Crippen molar-refractivity contribution in [2.45, 2.75) is 96.4 Å². The Bertz CT molecular complexity index is 246. The summed E-state index contributed by atoms with van der Waals surface area (Å²) in [5.74, 6) is -0.867. The average Bonchev–Trinajstić information content (AvgIpc) is 2.51. The zero-order valence-corrected chi connectivity index (χ0v) is 14.5. The van der Waals surface area contributed by atoms with Crippen molar-refractivity contribution in [1.82, 2.24) is 5.32 Å². The summed E-state index contributed by atoms with van der Waals surface area (Å²) >= 11 is 0. The third kappa shape index (κ3) is 15.8. The third-order valence-corrected chi connectivity index (χ3v) is 4.17. The summed E-state index contributed by atoms with van der Waals surface area (Å²) in [5.41, 5.74) is 0. The molecule has 4 heteroatoms. The van der Waals surface area contributed by atoms with Crippen LogP contribution in [0.4, 0.5) is 0 Å². The molecule has 0 aliphatic heterocycles. The van der Waals surface area contributed by atoms with Gasteiger partial charge in [-0.25, -0.2) is 0 Å². The molecule has 0 amide bonds. The third-order valence-electron chi connectivity index (χ3n) is 4.17. The molecule has 0 spiro atoms. The van der Waals surface area contributed by atoms with Gasteiger partial charge in [0.05, 0.1) is 13.2 Å². The van der Waals surface area contributed by atoms with Crippen LogP contribution in [0.5, 0.6) is 0 Å². The van der Waals surface area contributed by atoms with Crippen molar-refractivity contribution in [3.05, 3.63) is 0 Å². The van der Waals surface area contributed by atoms with Crippen LogP contribution < -0.4 is 5.32 Å². The number of carbonyl (C=O) groups is 1. The predicted molar refractivity (Wildman–Crippen MR) is 92.2 cm³/mol. The maximum Gasteiger partial charge on any atom is 0.317 e. The Labute approximate surface area is 136 Å². The summed E-state index contributed by atoms with van der Waals surface area (Å²) in [7, 11) is 0. The zero-order chi connectivity index (χ0) is 16.5. The number of aliphatic hydroxyl groups is 1. The highest BCUT2D eigenvalue weighted by atomic mass is 16.4.